The maximum atomic E-state index is 13.5. The molecule has 0 radical (unpaired) electrons. The van der Waals surface area contributed by atoms with Gasteiger partial charge < -0.3 is 23.5 Å². The Morgan fingerprint density at radius 1 is 0.667 bits per heavy atom. The Bertz CT molecular complexity index is 1390. The van der Waals surface area contributed by atoms with Crippen LogP contribution in [-0.4, -0.2) is 33.0 Å². The van der Waals surface area contributed by atoms with Crippen LogP contribution in [0.5, 0.6) is 23.0 Å². The molecule has 0 bridgehead atoms. The molecule has 6 heteroatoms. The average Bonchev–Trinajstić information content (AvgIpc) is 3.26. The number of nitrogens with zero attached hydrogens (tertiary/aromatic N) is 1. The summed E-state index contributed by atoms with van der Waals surface area (Å²) in [7, 11) is 6.45. The van der Waals surface area contributed by atoms with Crippen molar-refractivity contribution in [1.82, 2.24) is 4.57 Å². The molecule has 0 saturated heterocycles. The average molecular weight is 405 g/mol. The van der Waals surface area contributed by atoms with E-state index in [9.17, 15) is 4.79 Å². The van der Waals surface area contributed by atoms with Crippen molar-refractivity contribution in [2.45, 2.75) is 19.4 Å². The minimum atomic E-state index is 0.0360. The fourth-order valence-corrected chi connectivity index (χ4v) is 4.67. The Hall–Kier alpha value is -3.41. The highest BCUT2D eigenvalue weighted by Gasteiger charge is 2.21. The van der Waals surface area contributed by atoms with Crippen molar-refractivity contribution < 1.29 is 18.9 Å². The molecule has 0 aliphatic carbocycles. The van der Waals surface area contributed by atoms with Gasteiger partial charge in [0.1, 0.15) is 0 Å². The molecule has 5 rings (SSSR count). The molecular weight excluding hydrogens is 382 g/mol. The molecule has 0 N–H and O–H groups in total. The smallest absolute Gasteiger partial charge is 0.259 e. The summed E-state index contributed by atoms with van der Waals surface area (Å²) in [6.45, 7) is 0.753. The maximum Gasteiger partial charge on any atom is 0.259 e. The van der Waals surface area contributed by atoms with E-state index >= 15 is 0 Å². The Morgan fingerprint density at radius 3 is 1.60 bits per heavy atom. The van der Waals surface area contributed by atoms with Gasteiger partial charge >= 0.3 is 0 Å². The van der Waals surface area contributed by atoms with Crippen LogP contribution < -0.4 is 24.5 Å². The topological polar surface area (TPSA) is 58.9 Å². The van der Waals surface area contributed by atoms with Gasteiger partial charge in [0, 0.05) is 12.2 Å². The van der Waals surface area contributed by atoms with Gasteiger partial charge in [-0.05, 0) is 70.1 Å². The molecule has 6 nitrogen and oxygen atoms in total. The molecule has 0 spiro atoms. The molecule has 0 atom stereocenters. The molecule has 3 aromatic carbocycles. The summed E-state index contributed by atoms with van der Waals surface area (Å²) in [5.41, 5.74) is 1.11. The van der Waals surface area contributed by atoms with Crippen molar-refractivity contribution in [3.63, 3.8) is 0 Å². The molecule has 0 unspecified atom stereocenters. The summed E-state index contributed by atoms with van der Waals surface area (Å²) in [6.07, 6.45) is 1.89. The number of hydrogen-bond acceptors (Lipinski definition) is 5. The number of hydrogen-bond donors (Lipinski definition) is 0. The summed E-state index contributed by atoms with van der Waals surface area (Å²) in [6, 6.07) is 9.90. The van der Waals surface area contributed by atoms with E-state index in [4.69, 9.17) is 18.9 Å². The number of fused-ring (bicyclic) bond motifs is 7. The van der Waals surface area contributed by atoms with Gasteiger partial charge in [0.2, 0.25) is 0 Å². The highest BCUT2D eigenvalue weighted by Crippen LogP contribution is 2.43. The number of aryl methyl sites for hydroxylation is 1. The van der Waals surface area contributed by atoms with Gasteiger partial charge in [0.25, 0.3) is 5.56 Å². The number of pyridine rings is 1. The Morgan fingerprint density at radius 2 is 1.10 bits per heavy atom. The standard InChI is InChI=1S/C24H23NO5/c1-27-19-9-14-15(10-20(19)28-2)17-8-13-6-5-7-25(13)24(26)23(17)18-12-22(30-4)21(29-3)11-16(14)18/h8-12H,5-7H2,1-4H3. The zero-order valence-corrected chi connectivity index (χ0v) is 17.5. The number of methoxy groups -OCH3 is 4. The Kier molecular flexibility index (Phi) is 4.24. The van der Waals surface area contributed by atoms with Crippen molar-refractivity contribution in [2.75, 3.05) is 28.4 Å². The third-order valence-corrected chi connectivity index (χ3v) is 6.10. The summed E-state index contributed by atoms with van der Waals surface area (Å²) in [5.74, 6) is 2.47. The molecule has 0 amide bonds. The van der Waals surface area contributed by atoms with Gasteiger partial charge in [-0.1, -0.05) is 0 Å². The first-order chi connectivity index (χ1) is 14.6. The second-order valence-electron chi connectivity index (χ2n) is 7.49. The lowest BCUT2D eigenvalue weighted by Gasteiger charge is -2.17. The molecule has 4 aromatic rings. The zero-order valence-electron chi connectivity index (χ0n) is 17.5. The molecule has 1 aliphatic heterocycles. The van der Waals surface area contributed by atoms with E-state index in [2.05, 4.69) is 6.07 Å². The third kappa shape index (κ3) is 2.46. The monoisotopic (exact) mass is 405 g/mol. The fraction of sp³-hybridized carbons (Fsp3) is 0.292. The molecular formula is C24H23NO5. The zero-order chi connectivity index (χ0) is 21.0. The van der Waals surface area contributed by atoms with Gasteiger partial charge in [0.05, 0.1) is 33.8 Å². The predicted molar refractivity (Wildman–Crippen MR) is 118 cm³/mol. The van der Waals surface area contributed by atoms with Crippen LogP contribution in [0.4, 0.5) is 0 Å². The molecule has 154 valence electrons. The van der Waals surface area contributed by atoms with Gasteiger partial charge in [-0.15, -0.1) is 0 Å². The third-order valence-electron chi connectivity index (χ3n) is 6.10. The van der Waals surface area contributed by atoms with Crippen LogP contribution in [0.2, 0.25) is 0 Å². The molecule has 0 fully saturated rings. The van der Waals surface area contributed by atoms with Gasteiger partial charge in [0.15, 0.2) is 23.0 Å². The van der Waals surface area contributed by atoms with Crippen LogP contribution in [0.15, 0.2) is 35.1 Å². The first-order valence-corrected chi connectivity index (χ1v) is 9.91. The number of ether oxygens (including phenoxy) is 4. The van der Waals surface area contributed by atoms with Crippen LogP contribution in [0, 0.1) is 0 Å². The molecule has 1 aliphatic rings. The lowest BCUT2D eigenvalue weighted by molar-refractivity contribution is 0.355. The largest absolute Gasteiger partial charge is 0.493 e. The minimum absolute atomic E-state index is 0.0360. The maximum absolute atomic E-state index is 13.5. The predicted octanol–water partition coefficient (Wildman–Crippen LogP) is 4.29. The van der Waals surface area contributed by atoms with Crippen molar-refractivity contribution >= 4 is 32.3 Å². The second kappa shape index (κ2) is 6.83. The van der Waals surface area contributed by atoms with Crippen LogP contribution in [-0.2, 0) is 13.0 Å². The van der Waals surface area contributed by atoms with Crippen molar-refractivity contribution in [3.05, 3.63) is 46.4 Å². The van der Waals surface area contributed by atoms with Crippen LogP contribution in [0.3, 0.4) is 0 Å². The lowest BCUT2D eigenvalue weighted by atomic mass is 9.93. The van der Waals surface area contributed by atoms with Crippen molar-refractivity contribution in [3.8, 4) is 23.0 Å². The van der Waals surface area contributed by atoms with Gasteiger partial charge in [-0.25, -0.2) is 0 Å². The van der Waals surface area contributed by atoms with Gasteiger partial charge in [-0.3, -0.25) is 4.79 Å². The van der Waals surface area contributed by atoms with E-state index in [0.717, 1.165) is 52.0 Å². The fourth-order valence-electron chi connectivity index (χ4n) is 4.67. The highest BCUT2D eigenvalue weighted by molar-refractivity contribution is 6.26. The van der Waals surface area contributed by atoms with E-state index < -0.39 is 0 Å². The summed E-state index contributed by atoms with van der Waals surface area (Å²) < 4.78 is 24.1. The van der Waals surface area contributed by atoms with Crippen molar-refractivity contribution in [1.29, 1.82) is 0 Å². The van der Waals surface area contributed by atoms with E-state index in [1.165, 1.54) is 0 Å². The van der Waals surface area contributed by atoms with E-state index in [1.807, 2.05) is 28.8 Å². The first kappa shape index (κ1) is 18.6. The van der Waals surface area contributed by atoms with Crippen LogP contribution in [0.1, 0.15) is 12.1 Å². The Balaban J connectivity index is 2.09. The number of benzene rings is 3. The number of rotatable bonds is 4. The summed E-state index contributed by atoms with van der Waals surface area (Å²) in [4.78, 5) is 13.5. The summed E-state index contributed by atoms with van der Waals surface area (Å²) in [5, 5.41) is 5.29. The molecule has 2 heterocycles. The van der Waals surface area contributed by atoms with Crippen LogP contribution in [0.25, 0.3) is 32.3 Å². The quantitative estimate of drug-likeness (QED) is 0.474. The van der Waals surface area contributed by atoms with E-state index in [-0.39, 0.29) is 5.56 Å². The SMILES string of the molecule is COc1cc2c3cc(OC)c(OC)cc3c3c(=O)n4c(cc3c2cc1OC)CCC4. The Labute approximate surface area is 173 Å². The van der Waals surface area contributed by atoms with E-state index in [1.54, 1.807) is 28.4 Å². The molecule has 1 aromatic heterocycles. The molecule has 0 saturated carbocycles. The first-order valence-electron chi connectivity index (χ1n) is 9.91. The van der Waals surface area contributed by atoms with Crippen molar-refractivity contribution in [2.24, 2.45) is 0 Å². The highest BCUT2D eigenvalue weighted by atomic mass is 16.5. The number of aromatic nitrogens is 1. The minimum Gasteiger partial charge on any atom is -0.493 e. The molecule has 30 heavy (non-hydrogen) atoms. The second-order valence-corrected chi connectivity index (χ2v) is 7.49. The van der Waals surface area contributed by atoms with E-state index in [0.29, 0.717) is 28.4 Å². The van der Waals surface area contributed by atoms with Crippen LogP contribution >= 0.6 is 0 Å². The van der Waals surface area contributed by atoms with Gasteiger partial charge in [-0.2, -0.15) is 0 Å². The normalized spacial score (nSPS) is 13.1. The lowest BCUT2D eigenvalue weighted by Crippen LogP contribution is -2.19. The summed E-state index contributed by atoms with van der Waals surface area (Å²) >= 11 is 0.